The van der Waals surface area contributed by atoms with E-state index in [9.17, 15) is 9.59 Å². The van der Waals surface area contributed by atoms with E-state index >= 15 is 0 Å². The molecule has 0 spiro atoms. The van der Waals surface area contributed by atoms with E-state index < -0.39 is 0 Å². The van der Waals surface area contributed by atoms with Crippen molar-refractivity contribution in [2.75, 3.05) is 25.2 Å². The van der Waals surface area contributed by atoms with Crippen LogP contribution >= 0.6 is 0 Å². The second-order valence-electron chi connectivity index (χ2n) is 7.58. The fourth-order valence-corrected chi connectivity index (χ4v) is 3.57. The van der Waals surface area contributed by atoms with E-state index in [1.54, 1.807) is 19.2 Å². The zero-order chi connectivity index (χ0) is 23.0. The SMILES string of the molecule is COc1cc(CNC(=O)CN2C(=O)CCOc3ccccc32)ccc1OCc1ccccc1. The first-order valence-corrected chi connectivity index (χ1v) is 10.8. The summed E-state index contributed by atoms with van der Waals surface area (Å²) in [5.41, 5.74) is 2.53. The summed E-state index contributed by atoms with van der Waals surface area (Å²) in [4.78, 5) is 26.6. The van der Waals surface area contributed by atoms with E-state index in [1.807, 2.05) is 60.7 Å². The molecular weight excluding hydrogens is 420 g/mol. The van der Waals surface area contributed by atoms with Crippen molar-refractivity contribution in [3.05, 3.63) is 83.9 Å². The highest BCUT2D eigenvalue weighted by Crippen LogP contribution is 2.31. The quantitative estimate of drug-likeness (QED) is 0.571. The molecule has 1 aliphatic rings. The molecule has 2 amide bonds. The number of nitrogens with zero attached hydrogens (tertiary/aromatic N) is 1. The fourth-order valence-electron chi connectivity index (χ4n) is 3.57. The van der Waals surface area contributed by atoms with Crippen molar-refractivity contribution in [2.45, 2.75) is 19.6 Å². The molecule has 7 heteroatoms. The number of fused-ring (bicyclic) bond motifs is 1. The molecule has 1 heterocycles. The minimum Gasteiger partial charge on any atom is -0.493 e. The van der Waals surface area contributed by atoms with Crippen molar-refractivity contribution in [1.82, 2.24) is 5.32 Å². The summed E-state index contributed by atoms with van der Waals surface area (Å²) in [7, 11) is 1.58. The summed E-state index contributed by atoms with van der Waals surface area (Å²) in [5.74, 6) is 1.42. The molecule has 0 radical (unpaired) electrons. The number of anilines is 1. The van der Waals surface area contributed by atoms with Crippen molar-refractivity contribution in [1.29, 1.82) is 0 Å². The Morgan fingerprint density at radius 2 is 1.79 bits per heavy atom. The summed E-state index contributed by atoms with van der Waals surface area (Å²) in [5, 5.41) is 2.88. The van der Waals surface area contributed by atoms with Gasteiger partial charge in [0.05, 0.1) is 25.8 Å². The zero-order valence-electron chi connectivity index (χ0n) is 18.5. The van der Waals surface area contributed by atoms with Gasteiger partial charge in [0.25, 0.3) is 0 Å². The average molecular weight is 447 g/mol. The van der Waals surface area contributed by atoms with E-state index in [4.69, 9.17) is 14.2 Å². The number of para-hydroxylation sites is 2. The maximum absolute atomic E-state index is 12.6. The molecule has 0 atom stereocenters. The Balaban J connectivity index is 1.36. The molecule has 0 aliphatic carbocycles. The maximum Gasteiger partial charge on any atom is 0.240 e. The van der Waals surface area contributed by atoms with Gasteiger partial charge in [-0.25, -0.2) is 0 Å². The van der Waals surface area contributed by atoms with E-state index in [0.717, 1.165) is 11.1 Å². The Labute approximate surface area is 192 Å². The predicted molar refractivity (Wildman–Crippen MR) is 125 cm³/mol. The van der Waals surface area contributed by atoms with E-state index in [2.05, 4.69) is 5.32 Å². The predicted octanol–water partition coefficient (Wildman–Crippen LogP) is 3.71. The molecule has 0 saturated carbocycles. The van der Waals surface area contributed by atoms with Crippen molar-refractivity contribution < 1.29 is 23.8 Å². The van der Waals surface area contributed by atoms with Crippen molar-refractivity contribution in [3.63, 3.8) is 0 Å². The highest BCUT2D eigenvalue weighted by Gasteiger charge is 2.24. The maximum atomic E-state index is 12.6. The highest BCUT2D eigenvalue weighted by molar-refractivity contribution is 6.00. The van der Waals surface area contributed by atoms with Crippen LogP contribution in [0.5, 0.6) is 17.2 Å². The third-order valence-corrected chi connectivity index (χ3v) is 5.29. The van der Waals surface area contributed by atoms with Gasteiger partial charge >= 0.3 is 0 Å². The van der Waals surface area contributed by atoms with E-state index in [-0.39, 0.29) is 24.8 Å². The summed E-state index contributed by atoms with van der Waals surface area (Å²) >= 11 is 0. The van der Waals surface area contributed by atoms with Gasteiger partial charge in [-0.2, -0.15) is 0 Å². The van der Waals surface area contributed by atoms with E-state index in [0.29, 0.717) is 42.7 Å². The smallest absolute Gasteiger partial charge is 0.240 e. The molecule has 3 aromatic carbocycles. The number of carbonyl (C=O) groups is 2. The number of amides is 2. The van der Waals surface area contributed by atoms with Crippen LogP contribution in [0.2, 0.25) is 0 Å². The van der Waals surface area contributed by atoms with Crippen LogP contribution in [0, 0.1) is 0 Å². The number of hydrogen-bond donors (Lipinski definition) is 1. The largest absolute Gasteiger partial charge is 0.493 e. The minimum atomic E-state index is -0.261. The minimum absolute atomic E-state index is 0.0748. The number of hydrogen-bond acceptors (Lipinski definition) is 5. The molecule has 1 aliphatic heterocycles. The zero-order valence-corrected chi connectivity index (χ0v) is 18.5. The topological polar surface area (TPSA) is 77.1 Å². The van der Waals surface area contributed by atoms with Crippen molar-refractivity contribution in [2.24, 2.45) is 0 Å². The van der Waals surface area contributed by atoms with Crippen LogP contribution in [0.4, 0.5) is 5.69 Å². The third kappa shape index (κ3) is 5.63. The lowest BCUT2D eigenvalue weighted by molar-refractivity contribution is -0.124. The van der Waals surface area contributed by atoms with Crippen LogP contribution in [0.1, 0.15) is 17.5 Å². The highest BCUT2D eigenvalue weighted by atomic mass is 16.5. The fraction of sp³-hybridized carbons (Fsp3) is 0.231. The number of carbonyl (C=O) groups excluding carboxylic acids is 2. The normalized spacial score (nSPS) is 12.9. The number of methoxy groups -OCH3 is 1. The molecule has 0 fully saturated rings. The second-order valence-corrected chi connectivity index (χ2v) is 7.58. The van der Waals surface area contributed by atoms with Crippen LogP contribution in [-0.4, -0.2) is 32.1 Å². The molecule has 3 aromatic rings. The van der Waals surface area contributed by atoms with Gasteiger partial charge in [-0.1, -0.05) is 48.5 Å². The summed E-state index contributed by atoms with van der Waals surface area (Å²) < 4.78 is 17.0. The first kappa shape index (κ1) is 22.2. The number of benzene rings is 3. The van der Waals surface area contributed by atoms with Gasteiger partial charge in [0.15, 0.2) is 11.5 Å². The molecule has 0 saturated heterocycles. The number of nitrogens with one attached hydrogen (secondary N) is 1. The molecule has 0 unspecified atom stereocenters. The molecular formula is C26H26N2O5. The van der Waals surface area contributed by atoms with Gasteiger partial charge < -0.3 is 19.5 Å². The number of rotatable bonds is 8. The number of ether oxygens (including phenoxy) is 3. The van der Waals surface area contributed by atoms with Crippen LogP contribution in [0.3, 0.4) is 0 Å². The Kier molecular flexibility index (Phi) is 7.09. The van der Waals surface area contributed by atoms with E-state index in [1.165, 1.54) is 4.90 Å². The monoisotopic (exact) mass is 446 g/mol. The average Bonchev–Trinajstić information content (AvgIpc) is 3.01. The molecule has 33 heavy (non-hydrogen) atoms. The standard InChI is InChI=1S/C26H26N2O5/c1-31-24-15-20(11-12-23(24)33-18-19-7-3-2-4-8-19)16-27-25(29)17-28-21-9-5-6-10-22(21)32-14-13-26(28)30/h2-12,15H,13-14,16-18H2,1H3,(H,27,29). The van der Waals surface area contributed by atoms with Crippen LogP contribution in [0.15, 0.2) is 72.8 Å². The molecule has 4 rings (SSSR count). The lowest BCUT2D eigenvalue weighted by atomic mass is 10.2. The third-order valence-electron chi connectivity index (χ3n) is 5.29. The first-order chi connectivity index (χ1) is 16.1. The Morgan fingerprint density at radius 3 is 2.61 bits per heavy atom. The van der Waals surface area contributed by atoms with Gasteiger partial charge in [0.2, 0.25) is 11.8 Å². The van der Waals surface area contributed by atoms with Gasteiger partial charge in [0.1, 0.15) is 18.9 Å². The van der Waals surface area contributed by atoms with Crippen molar-refractivity contribution in [3.8, 4) is 17.2 Å². The molecule has 0 bridgehead atoms. The summed E-state index contributed by atoms with van der Waals surface area (Å²) in [6, 6.07) is 22.7. The summed E-state index contributed by atoms with van der Waals surface area (Å²) in [6.45, 7) is 0.956. The lowest BCUT2D eigenvalue weighted by Gasteiger charge is -2.21. The van der Waals surface area contributed by atoms with Crippen molar-refractivity contribution >= 4 is 17.5 Å². The Morgan fingerprint density at radius 1 is 1.00 bits per heavy atom. The second kappa shape index (κ2) is 10.5. The molecule has 170 valence electrons. The van der Waals surface area contributed by atoms with Gasteiger partial charge in [-0.3, -0.25) is 14.5 Å². The summed E-state index contributed by atoms with van der Waals surface area (Å²) in [6.07, 6.45) is 0.226. The first-order valence-electron chi connectivity index (χ1n) is 10.8. The molecule has 1 N–H and O–H groups in total. The van der Waals surface area contributed by atoms with Gasteiger partial charge in [0, 0.05) is 6.54 Å². The Hall–Kier alpha value is -4.00. The molecule has 0 aromatic heterocycles. The molecule has 7 nitrogen and oxygen atoms in total. The lowest BCUT2D eigenvalue weighted by Crippen LogP contribution is -2.40. The van der Waals surface area contributed by atoms with Crippen LogP contribution in [0.25, 0.3) is 0 Å². The van der Waals surface area contributed by atoms with Gasteiger partial charge in [-0.05, 0) is 35.4 Å². The van der Waals surface area contributed by atoms with Crippen LogP contribution in [-0.2, 0) is 22.7 Å². The van der Waals surface area contributed by atoms with Gasteiger partial charge in [-0.15, -0.1) is 0 Å². The van der Waals surface area contributed by atoms with Crippen LogP contribution < -0.4 is 24.4 Å². The Bertz CT molecular complexity index is 1120.